The van der Waals surface area contributed by atoms with E-state index in [4.69, 9.17) is 4.74 Å². The summed E-state index contributed by atoms with van der Waals surface area (Å²) >= 11 is 0. The van der Waals surface area contributed by atoms with Gasteiger partial charge in [-0.05, 0) is 31.0 Å². The first-order valence-electron chi connectivity index (χ1n) is 11.3. The van der Waals surface area contributed by atoms with Crippen molar-refractivity contribution in [3.8, 4) is 16.9 Å². The molecule has 4 aromatic rings. The summed E-state index contributed by atoms with van der Waals surface area (Å²) in [6.45, 7) is 2.38. The Morgan fingerprint density at radius 2 is 2.00 bits per heavy atom. The molecular weight excluding hydrogens is 437 g/mol. The molecule has 5 heterocycles. The molecule has 0 atom stereocenters. The minimum Gasteiger partial charge on any atom is -0.493 e. The number of amides is 1. The molecule has 1 saturated heterocycles. The standard InChI is InChI=1S/C24H22FN7O2/c25-19-4-6-21-16(7-10-34-21)18(19)13-28-24-27-12-17(22-30-29-14-32(22)24)15-3-5-20(26-11-15)23(33)31-8-1-2-9-31/h3-6,11-12,14H,1-2,7-10,13H2,(H,27,28). The zero-order chi connectivity index (χ0) is 23.1. The molecule has 2 aliphatic rings. The van der Waals surface area contributed by atoms with Crippen LogP contribution in [-0.2, 0) is 13.0 Å². The number of carbonyl (C=O) groups excluding carboxylic acids is 1. The highest BCUT2D eigenvalue weighted by Gasteiger charge is 2.22. The number of anilines is 1. The van der Waals surface area contributed by atoms with Crippen LogP contribution in [0.5, 0.6) is 5.75 Å². The molecule has 3 aromatic heterocycles. The minimum atomic E-state index is -0.275. The molecule has 1 amide bonds. The number of likely N-dealkylation sites (tertiary alicyclic amines) is 1. The normalized spacial score (nSPS) is 14.9. The van der Waals surface area contributed by atoms with Crippen LogP contribution in [0, 0.1) is 5.82 Å². The fraction of sp³-hybridized carbons (Fsp3) is 0.292. The Bertz CT molecular complexity index is 1380. The van der Waals surface area contributed by atoms with Gasteiger partial charge in [-0.25, -0.2) is 9.37 Å². The maximum atomic E-state index is 14.5. The number of halogens is 1. The molecule has 34 heavy (non-hydrogen) atoms. The highest BCUT2D eigenvalue weighted by molar-refractivity contribution is 5.93. The molecule has 2 aliphatic heterocycles. The lowest BCUT2D eigenvalue weighted by molar-refractivity contribution is 0.0787. The predicted octanol–water partition coefficient (Wildman–Crippen LogP) is 3.11. The van der Waals surface area contributed by atoms with Gasteiger partial charge in [0.05, 0.1) is 6.61 Å². The first-order valence-corrected chi connectivity index (χ1v) is 11.3. The molecule has 10 heteroatoms. The lowest BCUT2D eigenvalue weighted by Gasteiger charge is -2.15. The lowest BCUT2D eigenvalue weighted by Crippen LogP contribution is -2.28. The number of pyridine rings is 1. The Labute approximate surface area is 194 Å². The molecule has 0 spiro atoms. The number of rotatable bonds is 5. The third-order valence-electron chi connectivity index (χ3n) is 6.38. The average Bonchev–Trinajstić information content (AvgIpc) is 3.64. The van der Waals surface area contributed by atoms with Crippen LogP contribution in [0.15, 0.2) is 43.0 Å². The number of nitrogens with one attached hydrogen (secondary N) is 1. The predicted molar refractivity (Wildman–Crippen MR) is 122 cm³/mol. The van der Waals surface area contributed by atoms with Gasteiger partial charge in [0.15, 0.2) is 5.65 Å². The molecule has 0 radical (unpaired) electrons. The first-order chi connectivity index (χ1) is 16.7. The van der Waals surface area contributed by atoms with Gasteiger partial charge in [0.2, 0.25) is 5.95 Å². The Balaban J connectivity index is 1.26. The number of fused-ring (bicyclic) bond motifs is 2. The second-order valence-corrected chi connectivity index (χ2v) is 8.41. The molecule has 0 unspecified atom stereocenters. The molecule has 1 N–H and O–H groups in total. The molecule has 1 aromatic carbocycles. The topological polar surface area (TPSA) is 97.5 Å². The summed E-state index contributed by atoms with van der Waals surface area (Å²) in [5.74, 6) is 0.908. The lowest BCUT2D eigenvalue weighted by atomic mass is 10.0. The largest absolute Gasteiger partial charge is 0.493 e. The summed E-state index contributed by atoms with van der Waals surface area (Å²) in [6, 6.07) is 6.68. The molecular formula is C24H22FN7O2. The first kappa shape index (κ1) is 20.5. The summed E-state index contributed by atoms with van der Waals surface area (Å²) in [5.41, 5.74) is 3.98. The number of ether oxygens (including phenoxy) is 1. The fourth-order valence-electron chi connectivity index (χ4n) is 4.59. The maximum Gasteiger partial charge on any atom is 0.272 e. The monoisotopic (exact) mass is 459 g/mol. The van der Waals surface area contributed by atoms with Crippen molar-refractivity contribution in [2.24, 2.45) is 0 Å². The quantitative estimate of drug-likeness (QED) is 0.490. The van der Waals surface area contributed by atoms with Crippen LogP contribution < -0.4 is 10.1 Å². The van der Waals surface area contributed by atoms with E-state index in [0.717, 1.165) is 48.4 Å². The molecule has 9 nitrogen and oxygen atoms in total. The number of hydrogen-bond acceptors (Lipinski definition) is 7. The molecule has 0 saturated carbocycles. The summed E-state index contributed by atoms with van der Waals surface area (Å²) in [7, 11) is 0. The number of aromatic nitrogens is 5. The Morgan fingerprint density at radius 3 is 2.82 bits per heavy atom. The Morgan fingerprint density at radius 1 is 1.12 bits per heavy atom. The SMILES string of the molecule is O=C(c1ccc(-c2cnc(NCc3c(F)ccc4c3CCO4)n3cnnc23)cn1)N1CCCC1. The van der Waals surface area contributed by atoms with E-state index in [2.05, 4.69) is 25.5 Å². The van der Waals surface area contributed by atoms with Crippen molar-refractivity contribution in [2.75, 3.05) is 25.0 Å². The molecule has 0 bridgehead atoms. The van der Waals surface area contributed by atoms with E-state index in [0.29, 0.717) is 35.9 Å². The highest BCUT2D eigenvalue weighted by atomic mass is 19.1. The van der Waals surface area contributed by atoms with E-state index in [-0.39, 0.29) is 18.3 Å². The van der Waals surface area contributed by atoms with Crippen LogP contribution in [0.2, 0.25) is 0 Å². The van der Waals surface area contributed by atoms with Crippen LogP contribution in [0.4, 0.5) is 10.3 Å². The van der Waals surface area contributed by atoms with Crippen molar-refractivity contribution < 1.29 is 13.9 Å². The Hall–Kier alpha value is -4.08. The minimum absolute atomic E-state index is 0.0422. The van der Waals surface area contributed by atoms with Crippen LogP contribution >= 0.6 is 0 Å². The van der Waals surface area contributed by atoms with E-state index in [1.54, 1.807) is 35.3 Å². The van der Waals surface area contributed by atoms with Crippen LogP contribution in [-0.4, -0.2) is 55.1 Å². The van der Waals surface area contributed by atoms with Gasteiger partial charge in [-0.1, -0.05) is 6.07 Å². The van der Waals surface area contributed by atoms with Crippen molar-refractivity contribution in [3.63, 3.8) is 0 Å². The van der Waals surface area contributed by atoms with E-state index in [1.165, 1.54) is 6.07 Å². The second-order valence-electron chi connectivity index (χ2n) is 8.41. The van der Waals surface area contributed by atoms with Crippen molar-refractivity contribution in [1.29, 1.82) is 0 Å². The molecule has 0 aliphatic carbocycles. The third-order valence-corrected chi connectivity index (χ3v) is 6.38. The number of hydrogen-bond donors (Lipinski definition) is 1. The van der Waals surface area contributed by atoms with Gasteiger partial charge in [-0.2, -0.15) is 0 Å². The summed E-state index contributed by atoms with van der Waals surface area (Å²) < 4.78 is 21.8. The number of benzene rings is 1. The zero-order valence-corrected chi connectivity index (χ0v) is 18.4. The van der Waals surface area contributed by atoms with Crippen molar-refractivity contribution >= 4 is 17.5 Å². The van der Waals surface area contributed by atoms with Gasteiger partial charge in [0, 0.05) is 60.7 Å². The smallest absolute Gasteiger partial charge is 0.272 e. The molecule has 6 rings (SSSR count). The van der Waals surface area contributed by atoms with Crippen LogP contribution in [0.3, 0.4) is 0 Å². The summed E-state index contributed by atoms with van der Waals surface area (Å²) in [5, 5.41) is 11.5. The van der Waals surface area contributed by atoms with Crippen LogP contribution in [0.25, 0.3) is 16.8 Å². The van der Waals surface area contributed by atoms with Crippen LogP contribution in [0.1, 0.15) is 34.5 Å². The van der Waals surface area contributed by atoms with Crippen molar-refractivity contribution in [3.05, 3.63) is 65.6 Å². The van der Waals surface area contributed by atoms with E-state index in [9.17, 15) is 9.18 Å². The van der Waals surface area contributed by atoms with Gasteiger partial charge in [0.25, 0.3) is 5.91 Å². The summed E-state index contributed by atoms with van der Waals surface area (Å²) in [6.07, 6.45) is 7.65. The number of carbonyl (C=O) groups is 1. The van der Waals surface area contributed by atoms with Gasteiger partial charge < -0.3 is 15.0 Å². The van der Waals surface area contributed by atoms with Gasteiger partial charge in [-0.3, -0.25) is 14.2 Å². The molecule has 1 fully saturated rings. The highest BCUT2D eigenvalue weighted by Crippen LogP contribution is 2.31. The van der Waals surface area contributed by atoms with E-state index < -0.39 is 0 Å². The average molecular weight is 459 g/mol. The summed E-state index contributed by atoms with van der Waals surface area (Å²) in [4.78, 5) is 23.3. The third kappa shape index (κ3) is 3.51. The van der Waals surface area contributed by atoms with Gasteiger partial charge in [-0.15, -0.1) is 10.2 Å². The van der Waals surface area contributed by atoms with E-state index in [1.807, 2.05) is 11.0 Å². The van der Waals surface area contributed by atoms with Crippen molar-refractivity contribution in [1.82, 2.24) is 29.5 Å². The second kappa shape index (κ2) is 8.36. The van der Waals surface area contributed by atoms with E-state index >= 15 is 0 Å². The van der Waals surface area contributed by atoms with Gasteiger partial charge >= 0.3 is 0 Å². The fourth-order valence-corrected chi connectivity index (χ4v) is 4.59. The number of nitrogens with zero attached hydrogens (tertiary/aromatic N) is 6. The maximum absolute atomic E-state index is 14.5. The Kier molecular flexibility index (Phi) is 5.05. The molecule has 172 valence electrons. The van der Waals surface area contributed by atoms with Crippen molar-refractivity contribution in [2.45, 2.75) is 25.8 Å². The zero-order valence-electron chi connectivity index (χ0n) is 18.4. The van der Waals surface area contributed by atoms with Gasteiger partial charge in [0.1, 0.15) is 23.6 Å².